The lowest BCUT2D eigenvalue weighted by atomic mass is 9.78. The SMILES string of the molecule is COC1=CC=C(C(=O)O)CC1(C)C(=O)O.O=C(O)c1cc2ccccc2o1. The molecule has 1 aromatic heterocycles. The molecule has 1 aliphatic rings. The molecule has 1 unspecified atom stereocenters. The molecule has 0 spiro atoms. The Labute approximate surface area is 154 Å². The molecule has 1 aromatic carbocycles. The zero-order chi connectivity index (χ0) is 20.2. The number of aliphatic carboxylic acids is 2. The monoisotopic (exact) mass is 374 g/mol. The predicted octanol–water partition coefficient (Wildman–Crippen LogP) is 3.15. The summed E-state index contributed by atoms with van der Waals surface area (Å²) in [6, 6.07) is 8.70. The van der Waals surface area contributed by atoms with Crippen molar-refractivity contribution in [3.05, 3.63) is 59.6 Å². The molecule has 8 heteroatoms. The highest BCUT2D eigenvalue weighted by Crippen LogP contribution is 2.38. The van der Waals surface area contributed by atoms with E-state index < -0.39 is 23.3 Å². The number of ether oxygens (including phenoxy) is 1. The lowest BCUT2D eigenvalue weighted by Crippen LogP contribution is -2.33. The van der Waals surface area contributed by atoms with E-state index >= 15 is 0 Å². The zero-order valence-electron chi connectivity index (χ0n) is 14.6. The van der Waals surface area contributed by atoms with Gasteiger partial charge in [0.15, 0.2) is 0 Å². The number of hydrogen-bond acceptors (Lipinski definition) is 5. The first-order chi connectivity index (χ1) is 12.7. The minimum Gasteiger partial charge on any atom is -0.500 e. The molecule has 0 fully saturated rings. The minimum atomic E-state index is -1.29. The van der Waals surface area contributed by atoms with Gasteiger partial charge < -0.3 is 24.5 Å². The Morgan fingerprint density at radius 2 is 1.74 bits per heavy atom. The van der Waals surface area contributed by atoms with Crippen LogP contribution in [0.5, 0.6) is 0 Å². The number of furan rings is 1. The highest BCUT2D eigenvalue weighted by Gasteiger charge is 2.42. The second kappa shape index (κ2) is 7.77. The average molecular weight is 374 g/mol. The first-order valence-corrected chi connectivity index (χ1v) is 7.83. The number of carbonyl (C=O) groups is 3. The Balaban J connectivity index is 0.000000198. The number of carboxylic acid groups (broad SMARTS) is 3. The Bertz CT molecular complexity index is 917. The third-order valence-corrected chi connectivity index (χ3v) is 4.13. The van der Waals surface area contributed by atoms with Crippen LogP contribution in [0, 0.1) is 5.41 Å². The molecular formula is C19H18O8. The van der Waals surface area contributed by atoms with E-state index in [1.54, 1.807) is 12.1 Å². The molecule has 0 radical (unpaired) electrons. The van der Waals surface area contributed by atoms with Gasteiger partial charge in [-0.05, 0) is 31.2 Å². The van der Waals surface area contributed by atoms with E-state index in [2.05, 4.69) is 0 Å². The number of fused-ring (bicyclic) bond motifs is 1. The molecule has 1 atom stereocenters. The summed E-state index contributed by atoms with van der Waals surface area (Å²) in [7, 11) is 1.37. The summed E-state index contributed by atoms with van der Waals surface area (Å²) in [5, 5.41) is 27.2. The fourth-order valence-corrected chi connectivity index (χ4v) is 2.60. The van der Waals surface area contributed by atoms with Crippen LogP contribution in [0.15, 0.2) is 58.2 Å². The van der Waals surface area contributed by atoms with Crippen LogP contribution >= 0.6 is 0 Å². The molecule has 0 saturated carbocycles. The molecule has 2 aromatic rings. The maximum atomic E-state index is 11.1. The number of rotatable bonds is 4. The van der Waals surface area contributed by atoms with Gasteiger partial charge in [-0.15, -0.1) is 0 Å². The van der Waals surface area contributed by atoms with E-state index in [4.69, 9.17) is 24.5 Å². The highest BCUT2D eigenvalue weighted by atomic mass is 16.5. The Kier molecular flexibility index (Phi) is 5.69. The fraction of sp³-hybridized carbons (Fsp3) is 0.211. The number of benzene rings is 1. The summed E-state index contributed by atoms with van der Waals surface area (Å²) >= 11 is 0. The Morgan fingerprint density at radius 3 is 2.26 bits per heavy atom. The van der Waals surface area contributed by atoms with Gasteiger partial charge in [0.2, 0.25) is 5.76 Å². The molecular weight excluding hydrogens is 356 g/mol. The molecule has 3 N–H and O–H groups in total. The molecule has 8 nitrogen and oxygen atoms in total. The van der Waals surface area contributed by atoms with E-state index in [-0.39, 0.29) is 23.5 Å². The summed E-state index contributed by atoms with van der Waals surface area (Å²) in [5.41, 5.74) is -0.618. The predicted molar refractivity (Wildman–Crippen MR) is 94.3 cm³/mol. The van der Waals surface area contributed by atoms with Crippen molar-refractivity contribution in [3.63, 3.8) is 0 Å². The van der Waals surface area contributed by atoms with Gasteiger partial charge in [0.05, 0.1) is 7.11 Å². The summed E-state index contributed by atoms with van der Waals surface area (Å²) in [5.74, 6) is -2.99. The van der Waals surface area contributed by atoms with E-state index in [1.807, 2.05) is 12.1 Å². The quantitative estimate of drug-likeness (QED) is 0.743. The van der Waals surface area contributed by atoms with Crippen LogP contribution in [0.2, 0.25) is 0 Å². The van der Waals surface area contributed by atoms with Gasteiger partial charge in [0.1, 0.15) is 16.8 Å². The van der Waals surface area contributed by atoms with Gasteiger partial charge in [-0.3, -0.25) is 4.79 Å². The van der Waals surface area contributed by atoms with Crippen molar-refractivity contribution in [1.82, 2.24) is 0 Å². The zero-order valence-corrected chi connectivity index (χ0v) is 14.6. The maximum absolute atomic E-state index is 11.1. The fourth-order valence-electron chi connectivity index (χ4n) is 2.60. The summed E-state index contributed by atoms with van der Waals surface area (Å²) in [4.78, 5) is 32.3. The van der Waals surface area contributed by atoms with E-state index in [0.29, 0.717) is 5.58 Å². The Hall–Kier alpha value is -3.55. The average Bonchev–Trinajstić information content (AvgIpc) is 3.06. The van der Waals surface area contributed by atoms with Crippen LogP contribution in [-0.2, 0) is 14.3 Å². The number of carboxylic acids is 3. The molecule has 142 valence electrons. The third kappa shape index (κ3) is 4.17. The standard InChI is InChI=1S/C10H12O5.C9H6O3/c1-10(9(13)14)5-6(8(11)12)3-4-7(10)15-2;10-9(11)8-5-6-3-1-2-4-7(6)12-8/h3-4H,5H2,1-2H3,(H,11,12)(H,13,14);1-5H,(H,10,11). The van der Waals surface area contributed by atoms with Gasteiger partial charge in [-0.25, -0.2) is 9.59 Å². The van der Waals surface area contributed by atoms with Crippen molar-refractivity contribution in [3.8, 4) is 0 Å². The van der Waals surface area contributed by atoms with Gasteiger partial charge >= 0.3 is 17.9 Å². The van der Waals surface area contributed by atoms with Crippen molar-refractivity contribution in [2.75, 3.05) is 7.11 Å². The summed E-state index contributed by atoms with van der Waals surface area (Å²) in [6.45, 7) is 1.45. The van der Waals surface area contributed by atoms with Gasteiger partial charge in [-0.1, -0.05) is 18.2 Å². The maximum Gasteiger partial charge on any atom is 0.371 e. The topological polar surface area (TPSA) is 134 Å². The second-order valence-corrected chi connectivity index (χ2v) is 6.00. The number of para-hydroxylation sites is 1. The molecule has 1 heterocycles. The number of hydrogen-bond donors (Lipinski definition) is 3. The van der Waals surface area contributed by atoms with E-state index in [9.17, 15) is 14.4 Å². The lowest BCUT2D eigenvalue weighted by molar-refractivity contribution is -0.147. The molecule has 3 rings (SSSR count). The van der Waals surface area contributed by atoms with Crippen molar-refractivity contribution in [2.24, 2.45) is 5.41 Å². The van der Waals surface area contributed by atoms with Crippen molar-refractivity contribution in [2.45, 2.75) is 13.3 Å². The first-order valence-electron chi connectivity index (χ1n) is 7.83. The van der Waals surface area contributed by atoms with Crippen LogP contribution in [-0.4, -0.2) is 40.3 Å². The van der Waals surface area contributed by atoms with Crippen molar-refractivity contribution >= 4 is 28.9 Å². The van der Waals surface area contributed by atoms with Crippen LogP contribution < -0.4 is 0 Å². The van der Waals surface area contributed by atoms with Gasteiger partial charge in [0.25, 0.3) is 0 Å². The van der Waals surface area contributed by atoms with Crippen molar-refractivity contribution in [1.29, 1.82) is 0 Å². The van der Waals surface area contributed by atoms with Gasteiger partial charge in [-0.2, -0.15) is 0 Å². The molecule has 0 saturated heterocycles. The lowest BCUT2D eigenvalue weighted by Gasteiger charge is -2.29. The Morgan fingerprint density at radius 1 is 1.07 bits per heavy atom. The highest BCUT2D eigenvalue weighted by molar-refractivity contribution is 5.91. The number of allylic oxidation sites excluding steroid dienone is 2. The number of aromatic carboxylic acids is 1. The largest absolute Gasteiger partial charge is 0.500 e. The molecule has 0 bridgehead atoms. The van der Waals surface area contributed by atoms with Crippen LogP contribution in [0.4, 0.5) is 0 Å². The normalized spacial score (nSPS) is 18.6. The second-order valence-electron chi connectivity index (χ2n) is 6.00. The van der Waals surface area contributed by atoms with Crippen molar-refractivity contribution < 1.29 is 38.9 Å². The van der Waals surface area contributed by atoms with Crippen LogP contribution in [0.25, 0.3) is 11.0 Å². The summed E-state index contributed by atoms with van der Waals surface area (Å²) < 4.78 is 9.97. The summed E-state index contributed by atoms with van der Waals surface area (Å²) in [6.07, 6.45) is 2.68. The van der Waals surface area contributed by atoms with Crippen LogP contribution in [0.1, 0.15) is 23.9 Å². The van der Waals surface area contributed by atoms with Gasteiger partial charge in [0, 0.05) is 17.4 Å². The third-order valence-electron chi connectivity index (χ3n) is 4.13. The molecule has 0 amide bonds. The first kappa shape index (κ1) is 19.8. The molecule has 1 aliphatic carbocycles. The smallest absolute Gasteiger partial charge is 0.371 e. The van der Waals surface area contributed by atoms with Crippen LogP contribution in [0.3, 0.4) is 0 Å². The molecule has 27 heavy (non-hydrogen) atoms. The molecule has 0 aliphatic heterocycles. The number of methoxy groups -OCH3 is 1. The van der Waals surface area contributed by atoms with E-state index in [1.165, 1.54) is 32.3 Å². The van der Waals surface area contributed by atoms with E-state index in [0.717, 1.165) is 5.39 Å². The minimum absolute atomic E-state index is 0.0174.